The molecule has 0 bridgehead atoms. The van der Waals surface area contributed by atoms with Crippen molar-refractivity contribution in [2.24, 2.45) is 0 Å². The highest BCUT2D eigenvalue weighted by Gasteiger charge is 2.23. The molecule has 0 radical (unpaired) electrons. The SMILES string of the molecule is c1ccc(-n2c3ccccc3c3cc(-c4nc(-c5ccc(-n6c7ccccc7c7cc8ccccc8cc76)c(-c6ccc7oc8ccccc8c7c6)c5)nc(-c5ccc6c(c5)c5ccccc5n6-c5ccccc5)n4)ccc32)cc1. The highest BCUT2D eigenvalue weighted by atomic mass is 16.3. The van der Waals surface area contributed by atoms with Gasteiger partial charge in [0.05, 0.1) is 38.8 Å². The molecule has 5 heterocycles. The molecule has 0 aliphatic heterocycles. The topological polar surface area (TPSA) is 66.6 Å². The van der Waals surface area contributed by atoms with Crippen molar-refractivity contribution < 1.29 is 4.42 Å². The molecule has 5 aromatic heterocycles. The molecule has 0 aliphatic carbocycles. The van der Waals surface area contributed by atoms with Crippen LogP contribution in [-0.4, -0.2) is 28.7 Å². The zero-order valence-electron chi connectivity index (χ0n) is 43.0. The fraction of sp³-hybridized carbons (Fsp3) is 0. The molecule has 0 spiro atoms. The van der Waals surface area contributed by atoms with Crippen LogP contribution in [0.25, 0.3) is 160 Å². The van der Waals surface area contributed by atoms with Gasteiger partial charge in [0.2, 0.25) is 0 Å². The molecule has 17 aromatic rings. The zero-order valence-corrected chi connectivity index (χ0v) is 43.0. The van der Waals surface area contributed by atoms with E-state index in [9.17, 15) is 0 Å². The summed E-state index contributed by atoms with van der Waals surface area (Å²) in [7, 11) is 0. The molecule has 372 valence electrons. The average Bonchev–Trinajstić information content (AvgIpc) is 4.46. The van der Waals surface area contributed by atoms with Crippen LogP contribution >= 0.6 is 0 Å². The molecule has 0 amide bonds. The van der Waals surface area contributed by atoms with E-state index in [1.807, 2.05) is 12.1 Å². The fourth-order valence-corrected chi connectivity index (χ4v) is 12.6. The summed E-state index contributed by atoms with van der Waals surface area (Å²) < 4.78 is 13.5. The van der Waals surface area contributed by atoms with Crippen LogP contribution in [0.15, 0.2) is 271 Å². The van der Waals surface area contributed by atoms with Crippen molar-refractivity contribution in [2.75, 3.05) is 0 Å². The average molecular weight is 1020 g/mol. The van der Waals surface area contributed by atoms with Crippen LogP contribution in [0.4, 0.5) is 0 Å². The number of hydrogen-bond donors (Lipinski definition) is 0. The smallest absolute Gasteiger partial charge is 0.164 e. The van der Waals surface area contributed by atoms with Crippen molar-refractivity contribution in [3.05, 3.63) is 267 Å². The van der Waals surface area contributed by atoms with E-state index in [2.05, 4.69) is 268 Å². The number of aromatic nitrogens is 6. The van der Waals surface area contributed by atoms with Crippen LogP contribution in [0.1, 0.15) is 0 Å². The first kappa shape index (κ1) is 44.3. The minimum Gasteiger partial charge on any atom is -0.456 e. The van der Waals surface area contributed by atoms with Crippen molar-refractivity contribution in [1.29, 1.82) is 0 Å². The van der Waals surface area contributed by atoms with Gasteiger partial charge >= 0.3 is 0 Å². The molecule has 7 heteroatoms. The Bertz CT molecular complexity index is 5200. The van der Waals surface area contributed by atoms with Gasteiger partial charge in [0, 0.05) is 76.7 Å². The second-order valence-electron chi connectivity index (χ2n) is 20.8. The second-order valence-corrected chi connectivity index (χ2v) is 20.8. The first-order valence-electron chi connectivity index (χ1n) is 27.1. The third kappa shape index (κ3) is 6.77. The number of para-hydroxylation sites is 6. The van der Waals surface area contributed by atoms with Gasteiger partial charge in [-0.15, -0.1) is 0 Å². The molecule has 0 aliphatic rings. The summed E-state index contributed by atoms with van der Waals surface area (Å²) in [4.78, 5) is 16.4. The van der Waals surface area contributed by atoms with Crippen molar-refractivity contribution in [3.8, 4) is 62.4 Å². The number of fused-ring (bicyclic) bond motifs is 13. The Kier molecular flexibility index (Phi) is 9.58. The molecule has 0 saturated heterocycles. The number of furan rings is 1. The van der Waals surface area contributed by atoms with Crippen molar-refractivity contribution in [2.45, 2.75) is 0 Å². The first-order chi connectivity index (χ1) is 39.6. The van der Waals surface area contributed by atoms with E-state index in [4.69, 9.17) is 19.4 Å². The van der Waals surface area contributed by atoms with Crippen molar-refractivity contribution in [3.63, 3.8) is 0 Å². The number of hydrogen-bond acceptors (Lipinski definition) is 4. The Hall–Kier alpha value is -10.9. The lowest BCUT2D eigenvalue weighted by Gasteiger charge is -2.16. The molecule has 80 heavy (non-hydrogen) atoms. The number of benzene rings is 12. The van der Waals surface area contributed by atoms with E-state index < -0.39 is 0 Å². The van der Waals surface area contributed by atoms with Gasteiger partial charge in [0.1, 0.15) is 11.2 Å². The van der Waals surface area contributed by atoms with Crippen LogP contribution < -0.4 is 0 Å². The lowest BCUT2D eigenvalue weighted by atomic mass is 9.98. The summed E-state index contributed by atoms with van der Waals surface area (Å²) in [5.74, 6) is 1.74. The maximum absolute atomic E-state index is 6.42. The van der Waals surface area contributed by atoms with E-state index >= 15 is 0 Å². The number of nitrogens with zero attached hydrogens (tertiary/aromatic N) is 6. The normalized spacial score (nSPS) is 12.0. The molecule has 0 unspecified atom stereocenters. The fourth-order valence-electron chi connectivity index (χ4n) is 12.6. The van der Waals surface area contributed by atoms with Gasteiger partial charge in [0.15, 0.2) is 17.5 Å². The lowest BCUT2D eigenvalue weighted by molar-refractivity contribution is 0.669. The van der Waals surface area contributed by atoms with E-state index in [1.165, 1.54) is 21.5 Å². The van der Waals surface area contributed by atoms with Crippen LogP contribution in [0, 0.1) is 0 Å². The van der Waals surface area contributed by atoms with E-state index in [0.717, 1.165) is 121 Å². The summed E-state index contributed by atoms with van der Waals surface area (Å²) in [5, 5.41) is 11.5. The molecule has 17 rings (SSSR count). The first-order valence-corrected chi connectivity index (χ1v) is 27.1. The van der Waals surface area contributed by atoms with Gasteiger partial charge in [-0.3, -0.25) is 0 Å². The van der Waals surface area contributed by atoms with Gasteiger partial charge in [-0.25, -0.2) is 15.0 Å². The Morgan fingerprint density at radius 1 is 0.250 bits per heavy atom. The van der Waals surface area contributed by atoms with E-state index in [-0.39, 0.29) is 0 Å². The van der Waals surface area contributed by atoms with Crippen molar-refractivity contribution in [1.82, 2.24) is 28.7 Å². The molecule has 12 aromatic carbocycles. The molecule has 7 nitrogen and oxygen atoms in total. The number of rotatable bonds is 7. The van der Waals surface area contributed by atoms with Crippen LogP contribution in [0.5, 0.6) is 0 Å². The summed E-state index contributed by atoms with van der Waals surface area (Å²) in [5.41, 5.74) is 16.4. The largest absolute Gasteiger partial charge is 0.456 e. The molecule has 0 fully saturated rings. The van der Waals surface area contributed by atoms with Gasteiger partial charge in [-0.1, -0.05) is 140 Å². The molecular formula is C73H44N6O. The third-order valence-electron chi connectivity index (χ3n) is 16.2. The van der Waals surface area contributed by atoms with Crippen LogP contribution in [0.2, 0.25) is 0 Å². The van der Waals surface area contributed by atoms with Gasteiger partial charge in [-0.2, -0.15) is 0 Å². The maximum atomic E-state index is 6.42. The standard InChI is InChI=1S/C73H44N6O/c1-3-19-51(20-4-1)77-62-27-13-9-23-53(62)58-42-49(32-36-66(58)77)72-74-71(75-73(76-72)50-33-37-67-59(43-50)54-24-10-14-28-63(54)78(67)52-21-5-2-6-22-52)48-31-35-65(57(41-48)47-34-38-70-61(40-47)56-26-12-16-30-69(56)80-70)79-64-29-15-11-25-55(64)60-39-45-17-7-8-18-46(45)44-68(60)79/h1-44H. The highest BCUT2D eigenvalue weighted by molar-refractivity contribution is 6.15. The minimum absolute atomic E-state index is 0.569. The second kappa shape index (κ2) is 17.3. The van der Waals surface area contributed by atoms with E-state index in [1.54, 1.807) is 0 Å². The van der Waals surface area contributed by atoms with Gasteiger partial charge in [0.25, 0.3) is 0 Å². The Morgan fingerprint density at radius 3 is 1.25 bits per heavy atom. The lowest BCUT2D eigenvalue weighted by Crippen LogP contribution is -2.02. The van der Waals surface area contributed by atoms with Gasteiger partial charge < -0.3 is 18.1 Å². The van der Waals surface area contributed by atoms with Crippen LogP contribution in [0.3, 0.4) is 0 Å². The maximum Gasteiger partial charge on any atom is 0.164 e. The highest BCUT2D eigenvalue weighted by Crippen LogP contribution is 2.43. The van der Waals surface area contributed by atoms with Crippen LogP contribution in [-0.2, 0) is 0 Å². The summed E-state index contributed by atoms with van der Waals surface area (Å²) in [6.45, 7) is 0. The quantitative estimate of drug-likeness (QED) is 0.160. The Labute approximate surface area is 458 Å². The predicted molar refractivity (Wildman–Crippen MR) is 329 cm³/mol. The third-order valence-corrected chi connectivity index (χ3v) is 16.2. The predicted octanol–water partition coefficient (Wildman–Crippen LogP) is 18.9. The summed E-state index contributed by atoms with van der Waals surface area (Å²) in [6, 6.07) is 95.2. The van der Waals surface area contributed by atoms with E-state index in [0.29, 0.717) is 17.5 Å². The monoisotopic (exact) mass is 1020 g/mol. The molecule has 0 saturated carbocycles. The Morgan fingerprint density at radius 2 is 0.662 bits per heavy atom. The molecule has 0 atom stereocenters. The van der Waals surface area contributed by atoms with Gasteiger partial charge in [-0.05, 0) is 144 Å². The zero-order chi connectivity index (χ0) is 52.4. The summed E-state index contributed by atoms with van der Waals surface area (Å²) >= 11 is 0. The Balaban J connectivity index is 0.921. The molecular weight excluding hydrogens is 977 g/mol. The van der Waals surface area contributed by atoms with Crippen molar-refractivity contribution >= 4 is 98.1 Å². The molecule has 0 N–H and O–H groups in total. The minimum atomic E-state index is 0.569. The summed E-state index contributed by atoms with van der Waals surface area (Å²) in [6.07, 6.45) is 0.